The quantitative estimate of drug-likeness (QED) is 0.606. The number of carbonyl (C=O) groups excluding carboxylic acids is 1. The highest BCUT2D eigenvalue weighted by Gasteiger charge is 2.04. The Balaban J connectivity index is 2.26. The highest BCUT2D eigenvalue weighted by molar-refractivity contribution is 6.17. The SMILES string of the molecule is N#Cc1ccc(C(=O)NCCCOCCCl)cc1. The maximum Gasteiger partial charge on any atom is 0.251 e. The molecule has 0 saturated heterocycles. The minimum atomic E-state index is -0.142. The number of ether oxygens (including phenoxy) is 1. The van der Waals surface area contributed by atoms with E-state index in [0.29, 0.717) is 36.8 Å². The van der Waals surface area contributed by atoms with Crippen molar-refractivity contribution in [1.29, 1.82) is 5.26 Å². The summed E-state index contributed by atoms with van der Waals surface area (Å²) in [5, 5.41) is 11.4. The molecule has 0 atom stereocenters. The highest BCUT2D eigenvalue weighted by atomic mass is 35.5. The van der Waals surface area contributed by atoms with E-state index < -0.39 is 0 Å². The average molecular weight is 267 g/mol. The van der Waals surface area contributed by atoms with Crippen molar-refractivity contribution in [2.24, 2.45) is 0 Å². The van der Waals surface area contributed by atoms with E-state index in [-0.39, 0.29) is 5.91 Å². The van der Waals surface area contributed by atoms with E-state index in [4.69, 9.17) is 21.6 Å². The topological polar surface area (TPSA) is 62.1 Å². The van der Waals surface area contributed by atoms with Crippen LogP contribution in [0.1, 0.15) is 22.3 Å². The second-order valence-electron chi connectivity index (χ2n) is 3.60. The standard InChI is InChI=1S/C13H15ClN2O2/c14-6-9-18-8-1-7-16-13(17)12-4-2-11(10-15)3-5-12/h2-5H,1,6-9H2,(H,16,17). The van der Waals surface area contributed by atoms with Crippen molar-refractivity contribution in [2.75, 3.05) is 25.6 Å². The number of nitrogens with zero attached hydrogens (tertiary/aromatic N) is 1. The molecule has 96 valence electrons. The number of rotatable bonds is 7. The van der Waals surface area contributed by atoms with Crippen molar-refractivity contribution in [3.8, 4) is 6.07 Å². The Labute approximate surface area is 112 Å². The van der Waals surface area contributed by atoms with Gasteiger partial charge in [-0.2, -0.15) is 5.26 Å². The molecule has 0 aromatic heterocycles. The lowest BCUT2D eigenvalue weighted by molar-refractivity contribution is 0.0944. The molecule has 0 radical (unpaired) electrons. The molecule has 1 amide bonds. The third-order valence-electron chi connectivity index (χ3n) is 2.25. The molecule has 1 aromatic rings. The van der Waals surface area contributed by atoms with Crippen LogP contribution >= 0.6 is 11.6 Å². The number of hydrogen-bond acceptors (Lipinski definition) is 3. The summed E-state index contributed by atoms with van der Waals surface area (Å²) in [6.45, 7) is 1.67. The summed E-state index contributed by atoms with van der Waals surface area (Å²) in [6, 6.07) is 8.53. The highest BCUT2D eigenvalue weighted by Crippen LogP contribution is 2.02. The molecule has 0 fully saturated rings. The van der Waals surface area contributed by atoms with E-state index in [1.165, 1.54) is 0 Å². The van der Waals surface area contributed by atoms with Gasteiger partial charge in [-0.1, -0.05) is 0 Å². The second kappa shape index (κ2) is 8.51. The summed E-state index contributed by atoms with van der Waals surface area (Å²) in [7, 11) is 0. The lowest BCUT2D eigenvalue weighted by Gasteiger charge is -2.05. The van der Waals surface area contributed by atoms with Crippen molar-refractivity contribution in [2.45, 2.75) is 6.42 Å². The number of hydrogen-bond donors (Lipinski definition) is 1. The number of nitriles is 1. The largest absolute Gasteiger partial charge is 0.380 e. The van der Waals surface area contributed by atoms with Crippen molar-refractivity contribution < 1.29 is 9.53 Å². The first-order valence-electron chi connectivity index (χ1n) is 5.70. The molecule has 0 aliphatic carbocycles. The Morgan fingerprint density at radius 1 is 1.33 bits per heavy atom. The first kappa shape index (κ1) is 14.5. The Morgan fingerprint density at radius 2 is 2.06 bits per heavy atom. The number of carbonyl (C=O) groups is 1. The van der Waals surface area contributed by atoms with Gasteiger partial charge in [0.05, 0.1) is 18.2 Å². The zero-order chi connectivity index (χ0) is 13.2. The molecule has 0 aliphatic heterocycles. The molecule has 0 bridgehead atoms. The van der Waals surface area contributed by atoms with Crippen LogP contribution in [0.5, 0.6) is 0 Å². The molecule has 5 heteroatoms. The van der Waals surface area contributed by atoms with Crippen LogP contribution in [0.25, 0.3) is 0 Å². The van der Waals surface area contributed by atoms with Gasteiger partial charge in [0.25, 0.3) is 5.91 Å². The first-order valence-corrected chi connectivity index (χ1v) is 6.23. The van der Waals surface area contributed by atoms with Crippen LogP contribution in [0.3, 0.4) is 0 Å². The van der Waals surface area contributed by atoms with Crippen LogP contribution in [-0.2, 0) is 4.74 Å². The van der Waals surface area contributed by atoms with Crippen LogP contribution in [-0.4, -0.2) is 31.5 Å². The van der Waals surface area contributed by atoms with Gasteiger partial charge in [0.2, 0.25) is 0 Å². The molecule has 0 spiro atoms. The molecule has 0 saturated carbocycles. The zero-order valence-corrected chi connectivity index (χ0v) is 10.7. The summed E-state index contributed by atoms with van der Waals surface area (Å²) in [5.74, 6) is 0.342. The number of benzene rings is 1. The summed E-state index contributed by atoms with van der Waals surface area (Å²) in [6.07, 6.45) is 0.749. The maximum absolute atomic E-state index is 11.7. The van der Waals surface area contributed by atoms with E-state index in [1.807, 2.05) is 6.07 Å². The van der Waals surface area contributed by atoms with Crippen LogP contribution < -0.4 is 5.32 Å². The van der Waals surface area contributed by atoms with Gasteiger partial charge >= 0.3 is 0 Å². The molecular formula is C13H15ClN2O2. The van der Waals surface area contributed by atoms with Gasteiger partial charge in [0.1, 0.15) is 0 Å². The Hall–Kier alpha value is -1.57. The summed E-state index contributed by atoms with van der Waals surface area (Å²) >= 11 is 5.45. The summed E-state index contributed by atoms with van der Waals surface area (Å²) in [5.41, 5.74) is 1.09. The van der Waals surface area contributed by atoms with Gasteiger partial charge in [-0.15, -0.1) is 11.6 Å². The van der Waals surface area contributed by atoms with Gasteiger partial charge < -0.3 is 10.1 Å². The number of amides is 1. The molecule has 18 heavy (non-hydrogen) atoms. The fraction of sp³-hybridized carbons (Fsp3) is 0.385. The minimum Gasteiger partial charge on any atom is -0.380 e. The fourth-order valence-corrected chi connectivity index (χ4v) is 1.44. The minimum absolute atomic E-state index is 0.142. The van der Waals surface area contributed by atoms with Gasteiger partial charge in [0, 0.05) is 24.6 Å². The van der Waals surface area contributed by atoms with Crippen LogP contribution in [0.4, 0.5) is 0 Å². The first-order chi connectivity index (χ1) is 8.77. The summed E-state index contributed by atoms with van der Waals surface area (Å²) < 4.78 is 5.18. The number of halogens is 1. The van der Waals surface area contributed by atoms with Crippen molar-refractivity contribution in [1.82, 2.24) is 5.32 Å². The number of nitrogens with one attached hydrogen (secondary N) is 1. The lowest BCUT2D eigenvalue weighted by atomic mass is 10.1. The van der Waals surface area contributed by atoms with E-state index in [0.717, 1.165) is 6.42 Å². The molecule has 1 N–H and O–H groups in total. The van der Waals surface area contributed by atoms with E-state index in [2.05, 4.69) is 5.32 Å². The van der Waals surface area contributed by atoms with Crippen molar-refractivity contribution in [3.05, 3.63) is 35.4 Å². The maximum atomic E-state index is 11.7. The van der Waals surface area contributed by atoms with Gasteiger partial charge in [0.15, 0.2) is 0 Å². The van der Waals surface area contributed by atoms with Crippen LogP contribution in [0.15, 0.2) is 24.3 Å². The van der Waals surface area contributed by atoms with Gasteiger partial charge in [-0.25, -0.2) is 0 Å². The second-order valence-corrected chi connectivity index (χ2v) is 3.98. The molecule has 1 aromatic carbocycles. The Morgan fingerprint density at radius 3 is 2.67 bits per heavy atom. The van der Waals surface area contributed by atoms with Crippen LogP contribution in [0, 0.1) is 11.3 Å². The van der Waals surface area contributed by atoms with E-state index >= 15 is 0 Å². The Bertz CT molecular complexity index is 412. The van der Waals surface area contributed by atoms with E-state index in [9.17, 15) is 4.79 Å². The van der Waals surface area contributed by atoms with Crippen molar-refractivity contribution >= 4 is 17.5 Å². The predicted molar refractivity (Wildman–Crippen MR) is 69.6 cm³/mol. The molecule has 0 aliphatic rings. The van der Waals surface area contributed by atoms with E-state index in [1.54, 1.807) is 24.3 Å². The normalized spacial score (nSPS) is 9.78. The lowest BCUT2D eigenvalue weighted by Crippen LogP contribution is -2.25. The molecule has 1 rings (SSSR count). The average Bonchev–Trinajstić information content (AvgIpc) is 2.42. The Kier molecular flexibility index (Phi) is 6.85. The molecule has 4 nitrogen and oxygen atoms in total. The fourth-order valence-electron chi connectivity index (χ4n) is 1.33. The third-order valence-corrected chi connectivity index (χ3v) is 2.40. The predicted octanol–water partition coefficient (Wildman–Crippen LogP) is 1.93. The monoisotopic (exact) mass is 266 g/mol. The zero-order valence-electron chi connectivity index (χ0n) is 9.99. The number of alkyl halides is 1. The smallest absolute Gasteiger partial charge is 0.251 e. The molecule has 0 unspecified atom stereocenters. The van der Waals surface area contributed by atoms with Gasteiger partial charge in [-0.3, -0.25) is 4.79 Å². The summed E-state index contributed by atoms with van der Waals surface area (Å²) in [4.78, 5) is 11.7. The van der Waals surface area contributed by atoms with Crippen molar-refractivity contribution in [3.63, 3.8) is 0 Å². The molecular weight excluding hydrogens is 252 g/mol. The third kappa shape index (κ3) is 5.17. The molecule has 0 heterocycles. The van der Waals surface area contributed by atoms with Gasteiger partial charge in [-0.05, 0) is 30.7 Å². The van der Waals surface area contributed by atoms with Crippen LogP contribution in [0.2, 0.25) is 0 Å².